The molecule has 0 atom stereocenters. The Hall–Kier alpha value is -3.75. The van der Waals surface area contributed by atoms with Crippen molar-refractivity contribution in [2.75, 3.05) is 5.73 Å². The zero-order valence-electron chi connectivity index (χ0n) is 16.5. The van der Waals surface area contributed by atoms with Crippen molar-refractivity contribution in [3.05, 3.63) is 93.4 Å². The van der Waals surface area contributed by atoms with E-state index in [4.69, 9.17) is 5.73 Å². The Morgan fingerprint density at radius 3 is 2.27 bits per heavy atom. The lowest BCUT2D eigenvalue weighted by molar-refractivity contribution is 0.541. The molecule has 2 aromatic heterocycles. The summed E-state index contributed by atoms with van der Waals surface area (Å²) in [4.78, 5) is 12.6. The first-order valence-electron chi connectivity index (χ1n) is 9.31. The zero-order chi connectivity index (χ0) is 21.4. The van der Waals surface area contributed by atoms with Gasteiger partial charge in [0.05, 0.1) is 35.9 Å². The molecule has 9 heteroatoms. The van der Waals surface area contributed by atoms with Gasteiger partial charge in [0.2, 0.25) is 0 Å². The lowest BCUT2D eigenvalue weighted by atomic mass is 10.2. The Balaban J connectivity index is 1.56. The van der Waals surface area contributed by atoms with Crippen LogP contribution in [0, 0.1) is 25.5 Å². The molecule has 0 saturated heterocycles. The molecule has 0 bridgehead atoms. The Kier molecular flexibility index (Phi) is 4.94. The second-order valence-corrected chi connectivity index (χ2v) is 7.06. The molecule has 0 amide bonds. The van der Waals surface area contributed by atoms with E-state index in [-0.39, 0.29) is 12.1 Å². The fourth-order valence-corrected chi connectivity index (χ4v) is 3.25. The normalized spacial score (nSPS) is 11.2. The number of benzene rings is 2. The minimum absolute atomic E-state index is 0.182. The Bertz CT molecular complexity index is 1250. The first-order valence-corrected chi connectivity index (χ1v) is 9.31. The van der Waals surface area contributed by atoms with Crippen molar-refractivity contribution in [2.24, 2.45) is 0 Å². The van der Waals surface area contributed by atoms with E-state index in [0.29, 0.717) is 17.9 Å². The Morgan fingerprint density at radius 2 is 1.67 bits per heavy atom. The SMILES string of the molecule is Cc1nn(Cc2ccc(-n3ncn(Cc4c(F)cccc4F)c3=O)cc2)c(C)c1N. The third-order valence-electron chi connectivity index (χ3n) is 5.07. The molecular weight excluding hydrogens is 390 g/mol. The van der Waals surface area contributed by atoms with Crippen LogP contribution in [0.15, 0.2) is 53.6 Å². The van der Waals surface area contributed by atoms with E-state index < -0.39 is 17.3 Å². The quantitative estimate of drug-likeness (QED) is 0.548. The van der Waals surface area contributed by atoms with E-state index in [1.54, 1.807) is 12.1 Å². The van der Waals surface area contributed by atoms with Crippen molar-refractivity contribution in [1.82, 2.24) is 24.1 Å². The van der Waals surface area contributed by atoms with Crippen LogP contribution in [0.3, 0.4) is 0 Å². The van der Waals surface area contributed by atoms with Crippen molar-refractivity contribution < 1.29 is 8.78 Å². The van der Waals surface area contributed by atoms with Crippen molar-refractivity contribution in [3.8, 4) is 5.69 Å². The van der Waals surface area contributed by atoms with Gasteiger partial charge in [-0.05, 0) is 43.7 Å². The van der Waals surface area contributed by atoms with E-state index in [1.807, 2.05) is 30.7 Å². The molecule has 4 rings (SSSR count). The predicted molar refractivity (Wildman–Crippen MR) is 108 cm³/mol. The van der Waals surface area contributed by atoms with Gasteiger partial charge in [0.25, 0.3) is 0 Å². The number of nitrogens with two attached hydrogens (primary N) is 1. The highest BCUT2D eigenvalue weighted by atomic mass is 19.1. The maximum atomic E-state index is 13.9. The van der Waals surface area contributed by atoms with Gasteiger partial charge in [0.15, 0.2) is 0 Å². The highest BCUT2D eigenvalue weighted by molar-refractivity contribution is 5.47. The molecule has 2 heterocycles. The standard InChI is InChI=1S/C21H20F2N6O/c1-13-20(24)14(2)28(26-13)10-15-6-8-16(9-7-15)29-21(30)27(12-25-29)11-17-18(22)4-3-5-19(17)23/h3-9,12H,10-11,24H2,1-2H3. The molecule has 0 saturated carbocycles. The molecule has 154 valence electrons. The highest BCUT2D eigenvalue weighted by Crippen LogP contribution is 2.17. The first kappa shape index (κ1) is 19.6. The van der Waals surface area contributed by atoms with Crippen LogP contribution in [0.25, 0.3) is 5.69 Å². The molecule has 0 aliphatic carbocycles. The Labute approximate surface area is 171 Å². The van der Waals surface area contributed by atoms with Gasteiger partial charge >= 0.3 is 5.69 Å². The van der Waals surface area contributed by atoms with E-state index >= 15 is 0 Å². The predicted octanol–water partition coefficient (Wildman–Crippen LogP) is 2.80. The molecule has 0 aliphatic heterocycles. The van der Waals surface area contributed by atoms with Crippen LogP contribution in [0.1, 0.15) is 22.5 Å². The molecule has 2 N–H and O–H groups in total. The van der Waals surface area contributed by atoms with Crippen molar-refractivity contribution in [1.29, 1.82) is 0 Å². The van der Waals surface area contributed by atoms with Gasteiger partial charge in [-0.3, -0.25) is 9.25 Å². The number of anilines is 1. The largest absolute Gasteiger partial charge is 0.396 e. The van der Waals surface area contributed by atoms with E-state index in [9.17, 15) is 13.6 Å². The van der Waals surface area contributed by atoms with E-state index in [1.165, 1.54) is 17.1 Å². The van der Waals surface area contributed by atoms with E-state index in [2.05, 4.69) is 10.2 Å². The van der Waals surface area contributed by atoms with Crippen molar-refractivity contribution >= 4 is 5.69 Å². The molecule has 0 aliphatic rings. The second kappa shape index (κ2) is 7.58. The minimum Gasteiger partial charge on any atom is -0.396 e. The van der Waals surface area contributed by atoms with Gasteiger partial charge in [-0.2, -0.15) is 14.9 Å². The summed E-state index contributed by atoms with van der Waals surface area (Å²) in [5.74, 6) is -1.41. The Morgan fingerprint density at radius 1 is 1.00 bits per heavy atom. The summed E-state index contributed by atoms with van der Waals surface area (Å²) in [7, 11) is 0. The summed E-state index contributed by atoms with van der Waals surface area (Å²) in [5.41, 5.74) is 9.18. The van der Waals surface area contributed by atoms with Crippen molar-refractivity contribution in [2.45, 2.75) is 26.9 Å². The number of halogens is 2. The molecule has 0 unspecified atom stereocenters. The minimum atomic E-state index is -0.705. The maximum absolute atomic E-state index is 13.9. The maximum Gasteiger partial charge on any atom is 0.350 e. The van der Waals surface area contributed by atoms with Gasteiger partial charge in [0, 0.05) is 5.56 Å². The lowest BCUT2D eigenvalue weighted by Crippen LogP contribution is -2.24. The number of hydrogen-bond acceptors (Lipinski definition) is 4. The van der Waals surface area contributed by atoms with Crippen LogP contribution in [0.5, 0.6) is 0 Å². The summed E-state index contributed by atoms with van der Waals surface area (Å²) < 4.78 is 31.9. The summed E-state index contributed by atoms with van der Waals surface area (Å²) in [6.07, 6.45) is 1.26. The molecule has 4 aromatic rings. The number of aromatic nitrogens is 5. The van der Waals surface area contributed by atoms with Crippen LogP contribution in [0.2, 0.25) is 0 Å². The molecular formula is C21H20F2N6O. The third kappa shape index (κ3) is 3.49. The van der Waals surface area contributed by atoms with E-state index in [0.717, 1.165) is 33.7 Å². The van der Waals surface area contributed by atoms with Gasteiger partial charge < -0.3 is 5.73 Å². The molecule has 0 spiro atoms. The number of rotatable bonds is 5. The molecule has 0 fully saturated rings. The summed E-state index contributed by atoms with van der Waals surface area (Å²) in [6.45, 7) is 4.07. The summed E-state index contributed by atoms with van der Waals surface area (Å²) in [6, 6.07) is 10.8. The zero-order valence-corrected chi connectivity index (χ0v) is 16.5. The average Bonchev–Trinajstić information content (AvgIpc) is 3.20. The number of nitrogens with zero attached hydrogens (tertiary/aromatic N) is 5. The average molecular weight is 410 g/mol. The topological polar surface area (TPSA) is 83.7 Å². The van der Waals surface area contributed by atoms with Crippen LogP contribution < -0.4 is 11.4 Å². The van der Waals surface area contributed by atoms with Crippen LogP contribution >= 0.6 is 0 Å². The lowest BCUT2D eigenvalue weighted by Gasteiger charge is -2.06. The fourth-order valence-electron chi connectivity index (χ4n) is 3.25. The second-order valence-electron chi connectivity index (χ2n) is 7.06. The van der Waals surface area contributed by atoms with Gasteiger partial charge in [-0.25, -0.2) is 13.6 Å². The molecule has 7 nitrogen and oxygen atoms in total. The van der Waals surface area contributed by atoms with Gasteiger partial charge in [-0.15, -0.1) is 0 Å². The van der Waals surface area contributed by atoms with Crippen LogP contribution in [0.4, 0.5) is 14.5 Å². The summed E-state index contributed by atoms with van der Waals surface area (Å²) >= 11 is 0. The fraction of sp³-hybridized carbons (Fsp3) is 0.190. The molecule has 0 radical (unpaired) electrons. The summed E-state index contributed by atoms with van der Waals surface area (Å²) in [5, 5.41) is 8.49. The highest BCUT2D eigenvalue weighted by Gasteiger charge is 2.14. The van der Waals surface area contributed by atoms with Gasteiger partial charge in [-0.1, -0.05) is 18.2 Å². The van der Waals surface area contributed by atoms with Gasteiger partial charge in [0.1, 0.15) is 18.0 Å². The number of hydrogen-bond donors (Lipinski definition) is 1. The molecule has 2 aromatic carbocycles. The van der Waals surface area contributed by atoms with Crippen molar-refractivity contribution in [3.63, 3.8) is 0 Å². The van der Waals surface area contributed by atoms with Crippen LogP contribution in [-0.4, -0.2) is 24.1 Å². The monoisotopic (exact) mass is 410 g/mol. The molecule has 30 heavy (non-hydrogen) atoms. The van der Waals surface area contributed by atoms with Crippen LogP contribution in [-0.2, 0) is 13.1 Å². The number of nitrogen functional groups attached to an aromatic ring is 1. The third-order valence-corrected chi connectivity index (χ3v) is 5.07. The number of aryl methyl sites for hydroxylation is 1. The smallest absolute Gasteiger partial charge is 0.350 e. The first-order chi connectivity index (χ1) is 14.3.